The Bertz CT molecular complexity index is 680. The van der Waals surface area contributed by atoms with Crippen LogP contribution in [0.4, 0.5) is 10.5 Å². The van der Waals surface area contributed by atoms with Gasteiger partial charge in [-0.2, -0.15) is 5.10 Å². The molecule has 0 aliphatic heterocycles. The number of nitrogens with one attached hydrogen (secondary N) is 1. The summed E-state index contributed by atoms with van der Waals surface area (Å²) < 4.78 is 1.51. The van der Waals surface area contributed by atoms with Gasteiger partial charge in [0.2, 0.25) is 0 Å². The molecule has 110 valence electrons. The summed E-state index contributed by atoms with van der Waals surface area (Å²) in [5.41, 5.74) is 1.83. The number of aryl methyl sites for hydroxylation is 2. The van der Waals surface area contributed by atoms with Gasteiger partial charge in [0.05, 0.1) is 17.5 Å². The first kappa shape index (κ1) is 15.3. The molecule has 0 aliphatic rings. The number of aromatic nitrogens is 2. The highest BCUT2D eigenvalue weighted by molar-refractivity contribution is 6.32. The Kier molecular flexibility index (Phi) is 4.82. The molecular formula is C13H12Cl2N4O2. The molecule has 8 heteroatoms. The van der Waals surface area contributed by atoms with E-state index in [9.17, 15) is 4.79 Å². The average molecular weight is 327 g/mol. The van der Waals surface area contributed by atoms with Gasteiger partial charge < -0.3 is 0 Å². The second kappa shape index (κ2) is 6.60. The lowest BCUT2D eigenvalue weighted by Crippen LogP contribution is -2.10. The Hall–Kier alpha value is -2.05. The van der Waals surface area contributed by atoms with Crippen LogP contribution < -0.4 is 5.32 Å². The topological polar surface area (TPSA) is 68.5 Å². The fourth-order valence-corrected chi connectivity index (χ4v) is 1.94. The molecule has 2 aromatic rings. The SMILES string of the molecule is Cc1nn(C)c(Cl)c1C=NOC(=O)Nc1ccc(Cl)cc1. The van der Waals surface area contributed by atoms with Crippen LogP contribution in [0, 0.1) is 6.92 Å². The minimum Gasteiger partial charge on any atom is -0.298 e. The van der Waals surface area contributed by atoms with E-state index in [4.69, 9.17) is 28.0 Å². The van der Waals surface area contributed by atoms with Gasteiger partial charge in [-0.15, -0.1) is 0 Å². The third kappa shape index (κ3) is 3.96. The molecule has 1 aromatic carbocycles. The van der Waals surface area contributed by atoms with E-state index in [1.807, 2.05) is 0 Å². The maximum Gasteiger partial charge on any atom is 0.437 e. The quantitative estimate of drug-likeness (QED) is 0.532. The number of carbonyl (C=O) groups excluding carboxylic acids is 1. The standard InChI is InChI=1S/C13H12Cl2N4O2/c1-8-11(12(15)19(2)18-8)7-16-21-13(20)17-10-5-3-9(14)4-6-10/h3-7H,1-2H3,(H,17,20). The van der Waals surface area contributed by atoms with Crippen LogP contribution in [0.25, 0.3) is 0 Å². The van der Waals surface area contributed by atoms with Gasteiger partial charge in [-0.05, 0) is 31.2 Å². The summed E-state index contributed by atoms with van der Waals surface area (Å²) in [5, 5.41) is 11.2. The Morgan fingerprint density at radius 1 is 1.38 bits per heavy atom. The molecule has 1 heterocycles. The molecule has 21 heavy (non-hydrogen) atoms. The summed E-state index contributed by atoms with van der Waals surface area (Å²) in [4.78, 5) is 16.2. The predicted molar refractivity (Wildman–Crippen MR) is 82.1 cm³/mol. The molecule has 0 atom stereocenters. The molecule has 6 nitrogen and oxygen atoms in total. The van der Waals surface area contributed by atoms with Gasteiger partial charge in [0.15, 0.2) is 0 Å². The van der Waals surface area contributed by atoms with Crippen LogP contribution in [0.2, 0.25) is 10.2 Å². The largest absolute Gasteiger partial charge is 0.437 e. The maximum atomic E-state index is 11.5. The van der Waals surface area contributed by atoms with Crippen molar-refractivity contribution in [1.82, 2.24) is 9.78 Å². The lowest BCUT2D eigenvalue weighted by Gasteiger charge is -2.02. The molecule has 0 bridgehead atoms. The van der Waals surface area contributed by atoms with Crippen LogP contribution in [0.3, 0.4) is 0 Å². The number of nitrogens with zero attached hydrogens (tertiary/aromatic N) is 3. The maximum absolute atomic E-state index is 11.5. The zero-order valence-electron chi connectivity index (χ0n) is 11.3. The van der Waals surface area contributed by atoms with Crippen molar-refractivity contribution in [2.75, 3.05) is 5.32 Å². The van der Waals surface area contributed by atoms with Crippen LogP contribution in [0.1, 0.15) is 11.3 Å². The van der Waals surface area contributed by atoms with E-state index < -0.39 is 6.09 Å². The zero-order valence-corrected chi connectivity index (χ0v) is 12.8. The highest BCUT2D eigenvalue weighted by atomic mass is 35.5. The monoisotopic (exact) mass is 326 g/mol. The van der Waals surface area contributed by atoms with Crippen molar-refractivity contribution in [3.05, 3.63) is 45.7 Å². The Morgan fingerprint density at radius 3 is 2.62 bits per heavy atom. The summed E-state index contributed by atoms with van der Waals surface area (Å²) in [5.74, 6) is 0. The highest BCUT2D eigenvalue weighted by Gasteiger charge is 2.09. The van der Waals surface area contributed by atoms with Crippen molar-refractivity contribution < 1.29 is 9.63 Å². The molecule has 0 unspecified atom stereocenters. The third-order valence-electron chi connectivity index (χ3n) is 2.60. The first-order valence-electron chi connectivity index (χ1n) is 5.93. The van der Waals surface area contributed by atoms with Crippen molar-refractivity contribution in [1.29, 1.82) is 0 Å². The molecule has 1 N–H and O–H groups in total. The van der Waals surface area contributed by atoms with E-state index in [0.29, 0.717) is 27.1 Å². The molecule has 0 aliphatic carbocycles. The van der Waals surface area contributed by atoms with Crippen molar-refractivity contribution in [2.45, 2.75) is 6.92 Å². The second-order valence-corrected chi connectivity index (χ2v) is 4.95. The molecular weight excluding hydrogens is 315 g/mol. The summed E-state index contributed by atoms with van der Waals surface area (Å²) in [6.07, 6.45) is 0.623. The summed E-state index contributed by atoms with van der Waals surface area (Å²) in [6.45, 7) is 1.78. The van der Waals surface area contributed by atoms with Gasteiger partial charge in [-0.25, -0.2) is 4.79 Å². The van der Waals surface area contributed by atoms with Gasteiger partial charge in [0.1, 0.15) is 5.15 Å². The van der Waals surface area contributed by atoms with Crippen LogP contribution >= 0.6 is 23.2 Å². The van der Waals surface area contributed by atoms with E-state index in [0.717, 1.165) is 0 Å². The van der Waals surface area contributed by atoms with Crippen molar-refractivity contribution in [3.8, 4) is 0 Å². The van der Waals surface area contributed by atoms with Crippen LogP contribution in [0.15, 0.2) is 29.4 Å². The number of carbonyl (C=O) groups is 1. The van der Waals surface area contributed by atoms with E-state index in [-0.39, 0.29) is 0 Å². The number of oxime groups is 1. The summed E-state index contributed by atoms with van der Waals surface area (Å²) in [6, 6.07) is 6.60. The summed E-state index contributed by atoms with van der Waals surface area (Å²) in [7, 11) is 1.71. The minimum atomic E-state index is -0.716. The molecule has 1 aromatic heterocycles. The lowest BCUT2D eigenvalue weighted by atomic mass is 10.3. The minimum absolute atomic E-state index is 0.415. The molecule has 2 rings (SSSR count). The van der Waals surface area contributed by atoms with Crippen molar-refractivity contribution in [3.63, 3.8) is 0 Å². The molecule has 1 amide bonds. The van der Waals surface area contributed by atoms with Gasteiger partial charge >= 0.3 is 6.09 Å². The van der Waals surface area contributed by atoms with E-state index >= 15 is 0 Å². The number of hydrogen-bond acceptors (Lipinski definition) is 4. The van der Waals surface area contributed by atoms with E-state index in [2.05, 4.69) is 15.6 Å². The average Bonchev–Trinajstić information content (AvgIpc) is 2.68. The van der Waals surface area contributed by atoms with E-state index in [1.54, 1.807) is 38.2 Å². The third-order valence-corrected chi connectivity index (χ3v) is 3.30. The Balaban J connectivity index is 1.94. The van der Waals surface area contributed by atoms with Crippen molar-refractivity contribution in [2.24, 2.45) is 12.2 Å². The Labute approximate surface area is 131 Å². The normalized spacial score (nSPS) is 10.9. The number of amides is 1. The lowest BCUT2D eigenvalue weighted by molar-refractivity contribution is 0.167. The number of benzene rings is 1. The van der Waals surface area contributed by atoms with Gasteiger partial charge in [-0.1, -0.05) is 28.4 Å². The molecule has 0 spiro atoms. The highest BCUT2D eigenvalue weighted by Crippen LogP contribution is 2.16. The van der Waals surface area contributed by atoms with Gasteiger partial charge in [0.25, 0.3) is 0 Å². The van der Waals surface area contributed by atoms with E-state index in [1.165, 1.54) is 10.9 Å². The number of rotatable bonds is 3. The van der Waals surface area contributed by atoms with Gasteiger partial charge in [0, 0.05) is 17.8 Å². The van der Waals surface area contributed by atoms with Crippen molar-refractivity contribution >= 4 is 41.2 Å². The molecule has 0 saturated heterocycles. The smallest absolute Gasteiger partial charge is 0.298 e. The fourth-order valence-electron chi connectivity index (χ4n) is 1.59. The van der Waals surface area contributed by atoms with Crippen LogP contribution in [0.5, 0.6) is 0 Å². The number of halogens is 2. The molecule has 0 saturated carbocycles. The first-order chi connectivity index (χ1) is 9.97. The summed E-state index contributed by atoms with van der Waals surface area (Å²) >= 11 is 11.8. The zero-order chi connectivity index (χ0) is 15.4. The molecule has 0 fully saturated rings. The van der Waals surface area contributed by atoms with Crippen LogP contribution in [-0.2, 0) is 11.9 Å². The predicted octanol–water partition coefficient (Wildman–Crippen LogP) is 3.62. The molecule has 0 radical (unpaired) electrons. The van der Waals surface area contributed by atoms with Gasteiger partial charge in [-0.3, -0.25) is 14.8 Å². The second-order valence-electron chi connectivity index (χ2n) is 4.16. The Morgan fingerprint density at radius 2 is 2.05 bits per heavy atom. The first-order valence-corrected chi connectivity index (χ1v) is 6.69. The fraction of sp³-hybridized carbons (Fsp3) is 0.154. The number of anilines is 1. The number of hydrogen-bond donors (Lipinski definition) is 1. The van der Waals surface area contributed by atoms with Crippen LogP contribution in [-0.4, -0.2) is 22.1 Å².